The molecule has 0 fully saturated rings. The number of nitrogens with zero attached hydrogens (tertiary/aromatic N) is 1. The Morgan fingerprint density at radius 2 is 0.917 bits per heavy atom. The van der Waals surface area contributed by atoms with Gasteiger partial charge in [-0.25, -0.2) is 0 Å². The summed E-state index contributed by atoms with van der Waals surface area (Å²) in [4.78, 5) is 27.8. The Labute approximate surface area is 299 Å². The van der Waals surface area contributed by atoms with Gasteiger partial charge in [0.1, 0.15) is 0 Å². The third kappa shape index (κ3) is 27.7. The van der Waals surface area contributed by atoms with Crippen molar-refractivity contribution in [3.05, 3.63) is 0 Å². The number of esters is 2. The van der Waals surface area contributed by atoms with Crippen LogP contribution in [0, 0.1) is 16.7 Å². The van der Waals surface area contributed by atoms with Crippen molar-refractivity contribution in [1.29, 1.82) is 0 Å². The number of ether oxygens (including phenoxy) is 2. The topological polar surface area (TPSA) is 76.1 Å². The summed E-state index contributed by atoms with van der Waals surface area (Å²) in [6.07, 6.45) is 27.5. The molecule has 0 aromatic heterocycles. The number of rotatable bonds is 35. The lowest BCUT2D eigenvalue weighted by atomic mass is 9.87. The monoisotopic (exact) mass is 682 g/mol. The zero-order valence-corrected chi connectivity index (χ0v) is 33.3. The standard InChI is InChI=1S/C42H83NO5/c1-8-9-10-11-12-19-26-36-47-39(45)41(4,5)30-22-15-17-24-32-43(34-28-35-44)33-25-18-16-23-31-42(6,7)40(46)48-37-27-20-13-14-21-29-38(2)3/h38,44H,8-37H2,1-7H3. The molecule has 0 radical (unpaired) electrons. The Hall–Kier alpha value is -1.14. The second kappa shape index (κ2) is 30.7. The van der Waals surface area contributed by atoms with E-state index in [2.05, 4.69) is 25.7 Å². The molecule has 0 aliphatic heterocycles. The van der Waals surface area contributed by atoms with Crippen molar-refractivity contribution < 1.29 is 24.2 Å². The molecule has 286 valence electrons. The molecule has 0 aliphatic carbocycles. The summed E-state index contributed by atoms with van der Waals surface area (Å²) < 4.78 is 11.3. The lowest BCUT2D eigenvalue weighted by Gasteiger charge is -2.24. The number of aliphatic hydroxyl groups excluding tert-OH is 1. The molecule has 0 bridgehead atoms. The van der Waals surface area contributed by atoms with Gasteiger partial charge in [-0.1, -0.05) is 130 Å². The van der Waals surface area contributed by atoms with E-state index in [1.807, 2.05) is 27.7 Å². The first kappa shape index (κ1) is 46.9. The van der Waals surface area contributed by atoms with Crippen molar-refractivity contribution in [3.8, 4) is 0 Å². The summed E-state index contributed by atoms with van der Waals surface area (Å²) >= 11 is 0. The van der Waals surface area contributed by atoms with Crippen LogP contribution in [0.3, 0.4) is 0 Å². The summed E-state index contributed by atoms with van der Waals surface area (Å²) in [5, 5.41) is 9.39. The molecule has 0 aromatic rings. The second-order valence-electron chi connectivity index (χ2n) is 16.4. The summed E-state index contributed by atoms with van der Waals surface area (Å²) in [5.74, 6) is 0.709. The summed E-state index contributed by atoms with van der Waals surface area (Å²) in [6.45, 7) is 19.4. The Bertz CT molecular complexity index is 750. The van der Waals surface area contributed by atoms with Crippen molar-refractivity contribution in [3.63, 3.8) is 0 Å². The molecular formula is C42H83NO5. The Morgan fingerprint density at radius 3 is 1.35 bits per heavy atom. The minimum absolute atomic E-state index is 0.0410. The molecular weight excluding hydrogens is 598 g/mol. The number of hydrogen-bond donors (Lipinski definition) is 1. The van der Waals surface area contributed by atoms with Gasteiger partial charge < -0.3 is 19.5 Å². The highest BCUT2D eigenvalue weighted by Crippen LogP contribution is 2.27. The van der Waals surface area contributed by atoms with Crippen molar-refractivity contribution >= 4 is 11.9 Å². The predicted octanol–water partition coefficient (Wildman–Crippen LogP) is 11.5. The van der Waals surface area contributed by atoms with Crippen LogP contribution >= 0.6 is 0 Å². The lowest BCUT2D eigenvalue weighted by Crippen LogP contribution is -2.28. The molecule has 0 amide bonds. The number of carbonyl (C=O) groups is 2. The SMILES string of the molecule is CCCCCCCCCOC(=O)C(C)(C)CCCCCCN(CCCO)CCCCCCC(C)(C)C(=O)OCCCCCCCC(C)C. The fourth-order valence-corrected chi connectivity index (χ4v) is 6.31. The average Bonchev–Trinajstić information content (AvgIpc) is 3.04. The first-order valence-electron chi connectivity index (χ1n) is 20.6. The van der Waals surface area contributed by atoms with Gasteiger partial charge in [-0.3, -0.25) is 9.59 Å². The van der Waals surface area contributed by atoms with Crippen LogP contribution in [0.25, 0.3) is 0 Å². The van der Waals surface area contributed by atoms with E-state index in [0.717, 1.165) is 109 Å². The van der Waals surface area contributed by atoms with Crippen LogP contribution in [-0.4, -0.2) is 61.4 Å². The van der Waals surface area contributed by atoms with Crippen LogP contribution in [0.15, 0.2) is 0 Å². The normalized spacial score (nSPS) is 12.3. The lowest BCUT2D eigenvalue weighted by molar-refractivity contribution is -0.155. The Morgan fingerprint density at radius 1 is 0.542 bits per heavy atom. The van der Waals surface area contributed by atoms with E-state index in [0.29, 0.717) is 13.2 Å². The van der Waals surface area contributed by atoms with E-state index in [1.165, 1.54) is 70.6 Å². The van der Waals surface area contributed by atoms with Crippen LogP contribution < -0.4 is 0 Å². The van der Waals surface area contributed by atoms with Gasteiger partial charge in [0.05, 0.1) is 24.0 Å². The Kier molecular flexibility index (Phi) is 29.9. The van der Waals surface area contributed by atoms with Gasteiger partial charge in [0.2, 0.25) is 0 Å². The summed E-state index contributed by atoms with van der Waals surface area (Å²) in [5.41, 5.74) is -0.816. The van der Waals surface area contributed by atoms with Crippen molar-refractivity contribution in [2.45, 2.75) is 203 Å². The number of carbonyl (C=O) groups excluding carboxylic acids is 2. The fourth-order valence-electron chi connectivity index (χ4n) is 6.31. The largest absolute Gasteiger partial charge is 0.465 e. The minimum Gasteiger partial charge on any atom is -0.465 e. The average molecular weight is 682 g/mol. The number of unbranched alkanes of at least 4 members (excludes halogenated alkanes) is 16. The van der Waals surface area contributed by atoms with Gasteiger partial charge in [-0.15, -0.1) is 0 Å². The second-order valence-corrected chi connectivity index (χ2v) is 16.4. The quantitative estimate of drug-likeness (QED) is 0.0530. The highest BCUT2D eigenvalue weighted by atomic mass is 16.5. The predicted molar refractivity (Wildman–Crippen MR) is 204 cm³/mol. The van der Waals surface area contributed by atoms with Gasteiger partial charge >= 0.3 is 11.9 Å². The molecule has 0 saturated heterocycles. The molecule has 0 aromatic carbocycles. The van der Waals surface area contributed by atoms with Crippen molar-refractivity contribution in [1.82, 2.24) is 4.90 Å². The summed E-state index contributed by atoms with van der Waals surface area (Å²) in [6, 6.07) is 0. The Balaban J connectivity index is 4.04. The van der Waals surface area contributed by atoms with Gasteiger partial charge in [-0.05, 0) is 91.6 Å². The van der Waals surface area contributed by atoms with Gasteiger partial charge in [0, 0.05) is 13.2 Å². The molecule has 0 aliphatic rings. The zero-order valence-electron chi connectivity index (χ0n) is 33.3. The smallest absolute Gasteiger partial charge is 0.311 e. The van der Waals surface area contributed by atoms with E-state index in [9.17, 15) is 14.7 Å². The highest BCUT2D eigenvalue weighted by molar-refractivity contribution is 5.76. The molecule has 48 heavy (non-hydrogen) atoms. The van der Waals surface area contributed by atoms with E-state index in [-0.39, 0.29) is 18.5 Å². The van der Waals surface area contributed by atoms with Gasteiger partial charge in [-0.2, -0.15) is 0 Å². The molecule has 0 unspecified atom stereocenters. The first-order valence-corrected chi connectivity index (χ1v) is 20.6. The maximum absolute atomic E-state index is 12.6. The highest BCUT2D eigenvalue weighted by Gasteiger charge is 2.29. The van der Waals surface area contributed by atoms with Gasteiger partial charge in [0.15, 0.2) is 0 Å². The zero-order chi connectivity index (χ0) is 35.9. The first-order chi connectivity index (χ1) is 23.0. The van der Waals surface area contributed by atoms with E-state index in [1.54, 1.807) is 0 Å². The third-order valence-corrected chi connectivity index (χ3v) is 9.93. The van der Waals surface area contributed by atoms with E-state index >= 15 is 0 Å². The maximum atomic E-state index is 12.6. The molecule has 6 nitrogen and oxygen atoms in total. The fraction of sp³-hybridized carbons (Fsp3) is 0.952. The van der Waals surface area contributed by atoms with Crippen LogP contribution in [0.5, 0.6) is 0 Å². The van der Waals surface area contributed by atoms with Crippen LogP contribution in [0.4, 0.5) is 0 Å². The number of aliphatic hydroxyl groups is 1. The molecule has 0 rings (SSSR count). The van der Waals surface area contributed by atoms with Crippen LogP contribution in [-0.2, 0) is 19.1 Å². The minimum atomic E-state index is -0.410. The molecule has 0 atom stereocenters. The van der Waals surface area contributed by atoms with Crippen molar-refractivity contribution in [2.24, 2.45) is 16.7 Å². The van der Waals surface area contributed by atoms with Gasteiger partial charge in [0.25, 0.3) is 0 Å². The number of hydrogen-bond acceptors (Lipinski definition) is 6. The molecule has 0 spiro atoms. The molecule has 0 heterocycles. The van der Waals surface area contributed by atoms with E-state index in [4.69, 9.17) is 9.47 Å². The van der Waals surface area contributed by atoms with Crippen LogP contribution in [0.1, 0.15) is 203 Å². The maximum Gasteiger partial charge on any atom is 0.311 e. The molecule has 6 heteroatoms. The summed E-state index contributed by atoms with van der Waals surface area (Å²) in [7, 11) is 0. The van der Waals surface area contributed by atoms with Crippen molar-refractivity contribution in [2.75, 3.05) is 39.5 Å². The third-order valence-electron chi connectivity index (χ3n) is 9.93. The molecule has 1 N–H and O–H groups in total. The van der Waals surface area contributed by atoms with E-state index < -0.39 is 10.8 Å². The van der Waals surface area contributed by atoms with Crippen LogP contribution in [0.2, 0.25) is 0 Å². The molecule has 0 saturated carbocycles.